The minimum Gasteiger partial charge on any atom is -0.466 e. The number of nitrogens with zero attached hydrogens (tertiary/aromatic N) is 2. The van der Waals surface area contributed by atoms with Gasteiger partial charge in [-0.2, -0.15) is 0 Å². The average molecular weight is 280 g/mol. The van der Waals surface area contributed by atoms with Crippen LogP contribution < -0.4 is 15.8 Å². The molecule has 1 aliphatic heterocycles. The van der Waals surface area contributed by atoms with Gasteiger partial charge in [0.15, 0.2) is 5.82 Å². The van der Waals surface area contributed by atoms with Gasteiger partial charge >= 0.3 is 5.97 Å². The molecule has 0 saturated carbocycles. The van der Waals surface area contributed by atoms with Crippen molar-refractivity contribution in [3.05, 3.63) is 22.2 Å². The van der Waals surface area contributed by atoms with Gasteiger partial charge in [-0.3, -0.25) is 9.59 Å². The largest absolute Gasteiger partial charge is 0.466 e. The predicted octanol–water partition coefficient (Wildman–Crippen LogP) is -0.325. The van der Waals surface area contributed by atoms with Gasteiger partial charge < -0.3 is 19.9 Å². The fraction of sp³-hybridized carbons (Fsp3) is 0.615. The number of aromatic amines is 1. The van der Waals surface area contributed by atoms with Crippen molar-refractivity contribution < 1.29 is 9.53 Å². The first-order valence-electron chi connectivity index (χ1n) is 6.90. The molecule has 2 heterocycles. The lowest BCUT2D eigenvalue weighted by atomic mass is 10.2. The summed E-state index contributed by atoms with van der Waals surface area (Å²) in [4.78, 5) is 32.2. The molecule has 0 radical (unpaired) electrons. The molecule has 0 unspecified atom stereocenters. The molecule has 1 aromatic rings. The summed E-state index contributed by atoms with van der Waals surface area (Å²) in [5.41, 5.74) is 0.512. The molecule has 0 aliphatic carbocycles. The monoisotopic (exact) mass is 280 g/mol. The maximum atomic E-state index is 11.8. The minimum atomic E-state index is -0.246. The Morgan fingerprint density at radius 3 is 2.90 bits per heavy atom. The predicted molar refractivity (Wildman–Crippen MR) is 74.9 cm³/mol. The number of anilines is 1. The summed E-state index contributed by atoms with van der Waals surface area (Å²) < 4.78 is 4.88. The molecule has 20 heavy (non-hydrogen) atoms. The van der Waals surface area contributed by atoms with Crippen LogP contribution in [0.15, 0.2) is 11.0 Å². The van der Waals surface area contributed by atoms with Gasteiger partial charge in [-0.15, -0.1) is 0 Å². The number of ether oxygens (including phenoxy) is 1. The van der Waals surface area contributed by atoms with Crippen molar-refractivity contribution in [1.29, 1.82) is 0 Å². The van der Waals surface area contributed by atoms with Crippen LogP contribution in [0, 0.1) is 0 Å². The number of H-pyrrole nitrogens is 1. The van der Waals surface area contributed by atoms with E-state index in [4.69, 9.17) is 4.74 Å². The Labute approximate surface area is 117 Å². The zero-order valence-electron chi connectivity index (χ0n) is 11.6. The van der Waals surface area contributed by atoms with E-state index in [2.05, 4.69) is 15.3 Å². The Hall–Kier alpha value is -1.89. The minimum absolute atomic E-state index is 0.188. The SMILES string of the molecule is CCOC(=O)CCc1c[nH]c(=O)c(N2CCNCC2)n1. The third-order valence-corrected chi connectivity index (χ3v) is 3.13. The molecule has 1 fully saturated rings. The van der Waals surface area contributed by atoms with E-state index in [1.54, 1.807) is 13.1 Å². The van der Waals surface area contributed by atoms with Gasteiger partial charge in [0.25, 0.3) is 5.56 Å². The van der Waals surface area contributed by atoms with Crippen LogP contribution in [0.1, 0.15) is 19.0 Å². The van der Waals surface area contributed by atoms with E-state index in [1.165, 1.54) is 0 Å². The van der Waals surface area contributed by atoms with Gasteiger partial charge in [0.05, 0.1) is 18.7 Å². The van der Waals surface area contributed by atoms with E-state index in [1.807, 2.05) is 4.90 Å². The van der Waals surface area contributed by atoms with Gasteiger partial charge in [-0.1, -0.05) is 0 Å². The second-order valence-electron chi connectivity index (χ2n) is 4.59. The Morgan fingerprint density at radius 1 is 1.45 bits per heavy atom. The van der Waals surface area contributed by atoms with Crippen LogP contribution in [0.3, 0.4) is 0 Å². The molecule has 0 bridgehead atoms. The standard InChI is InChI=1S/C13H20N4O3/c1-2-20-11(18)4-3-10-9-15-13(19)12(16-10)17-7-5-14-6-8-17/h9,14H,2-8H2,1H3,(H,15,19). The van der Waals surface area contributed by atoms with Crippen molar-refractivity contribution >= 4 is 11.8 Å². The van der Waals surface area contributed by atoms with Crippen molar-refractivity contribution in [2.75, 3.05) is 37.7 Å². The van der Waals surface area contributed by atoms with Gasteiger partial charge in [0.2, 0.25) is 0 Å². The smallest absolute Gasteiger partial charge is 0.306 e. The number of piperazine rings is 1. The number of nitrogens with one attached hydrogen (secondary N) is 2. The van der Waals surface area contributed by atoms with Crippen molar-refractivity contribution in [3.63, 3.8) is 0 Å². The van der Waals surface area contributed by atoms with E-state index in [-0.39, 0.29) is 17.9 Å². The van der Waals surface area contributed by atoms with Gasteiger partial charge in [0.1, 0.15) is 0 Å². The molecule has 1 aliphatic rings. The lowest BCUT2D eigenvalue weighted by Crippen LogP contribution is -2.46. The molecule has 7 nitrogen and oxygen atoms in total. The molecular weight excluding hydrogens is 260 g/mol. The van der Waals surface area contributed by atoms with E-state index in [9.17, 15) is 9.59 Å². The van der Waals surface area contributed by atoms with Crippen molar-refractivity contribution in [3.8, 4) is 0 Å². The summed E-state index contributed by atoms with van der Waals surface area (Å²) in [6, 6.07) is 0. The Morgan fingerprint density at radius 2 is 2.20 bits per heavy atom. The second kappa shape index (κ2) is 7.04. The zero-order chi connectivity index (χ0) is 14.4. The summed E-state index contributed by atoms with van der Waals surface area (Å²) in [6.45, 7) is 5.36. The second-order valence-corrected chi connectivity index (χ2v) is 4.59. The maximum absolute atomic E-state index is 11.8. The molecule has 0 amide bonds. The first-order valence-corrected chi connectivity index (χ1v) is 6.90. The van der Waals surface area contributed by atoms with Crippen LogP contribution >= 0.6 is 0 Å². The van der Waals surface area contributed by atoms with E-state index >= 15 is 0 Å². The Bertz CT molecular complexity index is 509. The fourth-order valence-electron chi connectivity index (χ4n) is 2.11. The molecular formula is C13H20N4O3. The average Bonchev–Trinajstić information content (AvgIpc) is 2.47. The Balaban J connectivity index is 2.04. The molecule has 0 atom stereocenters. The first-order chi connectivity index (χ1) is 9.70. The normalized spacial score (nSPS) is 15.2. The van der Waals surface area contributed by atoms with E-state index in [0.29, 0.717) is 24.5 Å². The van der Waals surface area contributed by atoms with Gasteiger partial charge in [-0.25, -0.2) is 4.98 Å². The number of hydrogen-bond acceptors (Lipinski definition) is 6. The van der Waals surface area contributed by atoms with Crippen molar-refractivity contribution in [2.24, 2.45) is 0 Å². The lowest BCUT2D eigenvalue weighted by Gasteiger charge is -2.27. The molecule has 2 N–H and O–H groups in total. The number of aryl methyl sites for hydroxylation is 1. The van der Waals surface area contributed by atoms with Crippen LogP contribution in [0.2, 0.25) is 0 Å². The third kappa shape index (κ3) is 3.80. The van der Waals surface area contributed by atoms with Crippen molar-refractivity contribution in [2.45, 2.75) is 19.8 Å². The highest BCUT2D eigenvalue weighted by atomic mass is 16.5. The number of hydrogen-bond donors (Lipinski definition) is 2. The molecule has 7 heteroatoms. The summed E-state index contributed by atoms with van der Waals surface area (Å²) in [5.74, 6) is 0.192. The molecule has 0 spiro atoms. The maximum Gasteiger partial charge on any atom is 0.306 e. The zero-order valence-corrected chi connectivity index (χ0v) is 11.6. The summed E-state index contributed by atoms with van der Waals surface area (Å²) in [7, 11) is 0. The molecule has 1 saturated heterocycles. The topological polar surface area (TPSA) is 87.3 Å². The number of carbonyl (C=O) groups is 1. The molecule has 2 rings (SSSR count). The highest BCUT2D eigenvalue weighted by molar-refractivity contribution is 5.69. The summed E-state index contributed by atoms with van der Waals surface area (Å²) in [5, 5.41) is 3.23. The molecule has 110 valence electrons. The van der Waals surface area contributed by atoms with Crippen LogP contribution in [0.5, 0.6) is 0 Å². The van der Waals surface area contributed by atoms with E-state index < -0.39 is 0 Å². The quantitative estimate of drug-likeness (QED) is 0.719. The first kappa shape index (κ1) is 14.5. The molecule has 1 aromatic heterocycles. The summed E-state index contributed by atoms with van der Waals surface area (Å²) >= 11 is 0. The van der Waals surface area contributed by atoms with Crippen LogP contribution in [0.4, 0.5) is 5.82 Å². The number of esters is 1. The highest BCUT2D eigenvalue weighted by Crippen LogP contribution is 2.07. The summed E-state index contributed by atoms with van der Waals surface area (Å²) in [6.07, 6.45) is 2.30. The van der Waals surface area contributed by atoms with Crippen LogP contribution in [-0.4, -0.2) is 48.7 Å². The molecule has 0 aromatic carbocycles. The fourth-order valence-corrected chi connectivity index (χ4v) is 2.11. The lowest BCUT2D eigenvalue weighted by molar-refractivity contribution is -0.143. The van der Waals surface area contributed by atoms with E-state index in [0.717, 1.165) is 26.2 Å². The van der Waals surface area contributed by atoms with Gasteiger partial charge in [-0.05, 0) is 6.92 Å². The highest BCUT2D eigenvalue weighted by Gasteiger charge is 2.16. The third-order valence-electron chi connectivity index (χ3n) is 3.13. The van der Waals surface area contributed by atoms with Crippen LogP contribution in [-0.2, 0) is 16.0 Å². The van der Waals surface area contributed by atoms with Crippen LogP contribution in [0.25, 0.3) is 0 Å². The number of aromatic nitrogens is 2. The number of carbonyl (C=O) groups excluding carboxylic acids is 1. The number of rotatable bonds is 5. The Kier molecular flexibility index (Phi) is 5.11. The van der Waals surface area contributed by atoms with Crippen molar-refractivity contribution in [1.82, 2.24) is 15.3 Å². The van der Waals surface area contributed by atoms with Gasteiger partial charge in [0, 0.05) is 38.8 Å².